The Morgan fingerprint density at radius 2 is 1.30 bits per heavy atom. The highest BCUT2D eigenvalue weighted by molar-refractivity contribution is 7.98. The van der Waals surface area contributed by atoms with Crippen molar-refractivity contribution in [1.82, 2.24) is 4.90 Å². The molecule has 0 aliphatic heterocycles. The van der Waals surface area contributed by atoms with Gasteiger partial charge in [0.25, 0.3) is 0 Å². The molecule has 0 atom stereocenters. The fourth-order valence-corrected chi connectivity index (χ4v) is 5.35. The van der Waals surface area contributed by atoms with E-state index in [1.54, 1.807) is 0 Å². The first-order valence-electron chi connectivity index (χ1n) is 8.18. The molecule has 23 heavy (non-hydrogen) atoms. The standard InChI is InChI=1S/C20H28NPS/c1-17-5-9-19(10-6-17)22(15-13-21(3)14-16-23-4)20-11-7-18(2)8-12-20/h5-12H,13-16H2,1-4H3. The van der Waals surface area contributed by atoms with Crippen molar-refractivity contribution in [2.24, 2.45) is 0 Å². The monoisotopic (exact) mass is 345 g/mol. The van der Waals surface area contributed by atoms with Gasteiger partial charge in [0.1, 0.15) is 0 Å². The quantitative estimate of drug-likeness (QED) is 0.665. The second-order valence-electron chi connectivity index (χ2n) is 6.12. The van der Waals surface area contributed by atoms with E-state index >= 15 is 0 Å². The molecule has 0 amide bonds. The molecule has 0 aromatic heterocycles. The summed E-state index contributed by atoms with van der Waals surface area (Å²) in [7, 11) is 1.97. The average molecular weight is 345 g/mol. The van der Waals surface area contributed by atoms with Crippen LogP contribution < -0.4 is 10.6 Å². The number of benzene rings is 2. The summed E-state index contributed by atoms with van der Waals surface area (Å²) < 4.78 is 0. The molecule has 0 radical (unpaired) electrons. The lowest BCUT2D eigenvalue weighted by Gasteiger charge is -2.23. The van der Waals surface area contributed by atoms with Crippen LogP contribution in [0.5, 0.6) is 0 Å². The largest absolute Gasteiger partial charge is 0.305 e. The van der Waals surface area contributed by atoms with Gasteiger partial charge in [-0.25, -0.2) is 0 Å². The fourth-order valence-electron chi connectivity index (χ4n) is 2.49. The summed E-state index contributed by atoms with van der Waals surface area (Å²) in [4.78, 5) is 2.47. The van der Waals surface area contributed by atoms with Crippen molar-refractivity contribution >= 4 is 30.3 Å². The van der Waals surface area contributed by atoms with Gasteiger partial charge >= 0.3 is 0 Å². The highest BCUT2D eigenvalue weighted by Crippen LogP contribution is 2.33. The molecular formula is C20H28NPS. The first kappa shape index (κ1) is 18.5. The van der Waals surface area contributed by atoms with E-state index in [0.717, 1.165) is 6.54 Å². The minimum absolute atomic E-state index is 0.272. The maximum absolute atomic E-state index is 2.47. The summed E-state index contributed by atoms with van der Waals surface area (Å²) in [5.41, 5.74) is 2.68. The smallest absolute Gasteiger partial charge is 0.00693 e. The number of hydrogen-bond donors (Lipinski definition) is 0. The maximum atomic E-state index is 2.47. The summed E-state index contributed by atoms with van der Waals surface area (Å²) in [5, 5.41) is 2.99. The van der Waals surface area contributed by atoms with Gasteiger partial charge in [-0.15, -0.1) is 0 Å². The zero-order chi connectivity index (χ0) is 16.7. The molecule has 0 saturated heterocycles. The second-order valence-corrected chi connectivity index (χ2v) is 9.44. The van der Waals surface area contributed by atoms with Crippen LogP contribution in [0.25, 0.3) is 0 Å². The molecule has 124 valence electrons. The summed E-state index contributed by atoms with van der Waals surface area (Å²) in [6, 6.07) is 18.3. The van der Waals surface area contributed by atoms with Crippen LogP contribution in [0.3, 0.4) is 0 Å². The Kier molecular flexibility index (Phi) is 7.62. The van der Waals surface area contributed by atoms with Gasteiger partial charge in [0.15, 0.2) is 0 Å². The van der Waals surface area contributed by atoms with Gasteiger partial charge in [-0.2, -0.15) is 11.8 Å². The fraction of sp³-hybridized carbons (Fsp3) is 0.400. The molecule has 2 aromatic carbocycles. The first-order valence-corrected chi connectivity index (χ1v) is 11.1. The van der Waals surface area contributed by atoms with Crippen molar-refractivity contribution in [1.29, 1.82) is 0 Å². The van der Waals surface area contributed by atoms with Crippen LogP contribution in [0.4, 0.5) is 0 Å². The Hall–Kier alpha value is -0.820. The van der Waals surface area contributed by atoms with E-state index in [4.69, 9.17) is 0 Å². The van der Waals surface area contributed by atoms with Crippen LogP contribution in [-0.2, 0) is 0 Å². The molecule has 0 spiro atoms. The second kappa shape index (κ2) is 9.47. The van der Waals surface area contributed by atoms with Gasteiger partial charge < -0.3 is 4.90 Å². The lowest BCUT2D eigenvalue weighted by Crippen LogP contribution is -2.27. The minimum Gasteiger partial charge on any atom is -0.305 e. The first-order chi connectivity index (χ1) is 11.1. The van der Waals surface area contributed by atoms with E-state index < -0.39 is 0 Å². The number of rotatable bonds is 8. The van der Waals surface area contributed by atoms with E-state index in [0.29, 0.717) is 0 Å². The van der Waals surface area contributed by atoms with Gasteiger partial charge in [-0.1, -0.05) is 59.7 Å². The van der Waals surface area contributed by atoms with E-state index in [1.165, 1.54) is 40.2 Å². The average Bonchev–Trinajstić information content (AvgIpc) is 2.56. The van der Waals surface area contributed by atoms with Crippen LogP contribution in [-0.4, -0.2) is 43.2 Å². The molecule has 0 aliphatic rings. The molecule has 3 heteroatoms. The molecule has 0 N–H and O–H groups in total. The van der Waals surface area contributed by atoms with Gasteiger partial charge in [-0.05, 0) is 51.8 Å². The number of nitrogens with zero attached hydrogens (tertiary/aromatic N) is 1. The van der Waals surface area contributed by atoms with Crippen molar-refractivity contribution in [3.63, 3.8) is 0 Å². The van der Waals surface area contributed by atoms with Crippen molar-refractivity contribution < 1.29 is 0 Å². The SMILES string of the molecule is CSCCN(C)CCP(c1ccc(C)cc1)c1ccc(C)cc1. The molecule has 2 rings (SSSR count). The highest BCUT2D eigenvalue weighted by atomic mass is 32.2. The molecule has 0 bridgehead atoms. The van der Waals surface area contributed by atoms with E-state index in [2.05, 4.69) is 80.6 Å². The normalized spacial score (nSPS) is 11.4. The lowest BCUT2D eigenvalue weighted by molar-refractivity contribution is 0.379. The molecule has 0 unspecified atom stereocenters. The van der Waals surface area contributed by atoms with Crippen molar-refractivity contribution in [3.05, 3.63) is 59.7 Å². The molecule has 1 nitrogen and oxygen atoms in total. The maximum Gasteiger partial charge on any atom is 0.00693 e. The highest BCUT2D eigenvalue weighted by Gasteiger charge is 2.14. The molecular weight excluding hydrogens is 317 g/mol. The summed E-state index contributed by atoms with van der Waals surface area (Å²) >= 11 is 1.92. The van der Waals surface area contributed by atoms with Crippen LogP contribution in [0.15, 0.2) is 48.5 Å². The Balaban J connectivity index is 2.14. The molecule has 0 heterocycles. The van der Waals surface area contributed by atoms with Crippen LogP contribution in [0.2, 0.25) is 0 Å². The predicted molar refractivity (Wildman–Crippen MR) is 109 cm³/mol. The van der Waals surface area contributed by atoms with Gasteiger partial charge in [0, 0.05) is 18.8 Å². The Bertz CT molecular complexity index is 534. The summed E-state index contributed by atoms with van der Waals surface area (Å²) in [6.07, 6.45) is 3.41. The van der Waals surface area contributed by atoms with Crippen molar-refractivity contribution in [3.8, 4) is 0 Å². The molecule has 0 fully saturated rings. The van der Waals surface area contributed by atoms with Gasteiger partial charge in [0.2, 0.25) is 0 Å². The van der Waals surface area contributed by atoms with Gasteiger partial charge in [0.05, 0.1) is 0 Å². The van der Waals surface area contributed by atoms with Gasteiger partial charge in [-0.3, -0.25) is 0 Å². The number of aryl methyl sites for hydroxylation is 2. The third kappa shape index (κ3) is 5.95. The third-order valence-corrected chi connectivity index (χ3v) is 7.15. The van der Waals surface area contributed by atoms with E-state index in [-0.39, 0.29) is 7.92 Å². The van der Waals surface area contributed by atoms with Crippen LogP contribution in [0, 0.1) is 13.8 Å². The van der Waals surface area contributed by atoms with Crippen LogP contribution >= 0.6 is 19.7 Å². The minimum atomic E-state index is -0.272. The topological polar surface area (TPSA) is 3.24 Å². The molecule has 2 aromatic rings. The zero-order valence-corrected chi connectivity index (χ0v) is 16.5. The predicted octanol–water partition coefficient (Wildman–Crippen LogP) is 4.03. The van der Waals surface area contributed by atoms with Crippen LogP contribution in [0.1, 0.15) is 11.1 Å². The molecule has 0 saturated carbocycles. The van der Waals surface area contributed by atoms with E-state index in [1.807, 2.05) is 11.8 Å². The number of thioether (sulfide) groups is 1. The molecule has 0 aliphatic carbocycles. The lowest BCUT2D eigenvalue weighted by atomic mass is 10.2. The summed E-state index contributed by atoms with van der Waals surface area (Å²) in [6.45, 7) is 6.66. The summed E-state index contributed by atoms with van der Waals surface area (Å²) in [5.74, 6) is 1.21. The van der Waals surface area contributed by atoms with Crippen molar-refractivity contribution in [2.75, 3.05) is 38.3 Å². The Morgan fingerprint density at radius 3 is 1.74 bits per heavy atom. The number of hydrogen-bond acceptors (Lipinski definition) is 2. The Morgan fingerprint density at radius 1 is 0.826 bits per heavy atom. The zero-order valence-electron chi connectivity index (χ0n) is 14.7. The van der Waals surface area contributed by atoms with Crippen molar-refractivity contribution in [2.45, 2.75) is 13.8 Å². The Labute approximate surface area is 147 Å². The third-order valence-electron chi connectivity index (χ3n) is 4.07. The van der Waals surface area contributed by atoms with E-state index in [9.17, 15) is 0 Å².